The summed E-state index contributed by atoms with van der Waals surface area (Å²) in [5, 5.41) is 2.61. The van der Waals surface area contributed by atoms with Crippen molar-refractivity contribution in [1.29, 1.82) is 0 Å². The van der Waals surface area contributed by atoms with Gasteiger partial charge in [-0.15, -0.1) is 0 Å². The highest BCUT2D eigenvalue weighted by atomic mass is 35.5. The molecule has 0 heterocycles. The van der Waals surface area contributed by atoms with Gasteiger partial charge in [0.2, 0.25) is 0 Å². The van der Waals surface area contributed by atoms with Gasteiger partial charge in [0.15, 0.2) is 0 Å². The van der Waals surface area contributed by atoms with Gasteiger partial charge in [0, 0.05) is 5.69 Å². The molecule has 0 aliphatic heterocycles. The second-order valence-electron chi connectivity index (χ2n) is 4.58. The largest absolute Gasteiger partial charge is 0.416 e. The molecule has 2 rings (SSSR count). The zero-order valence-electron chi connectivity index (χ0n) is 11.3. The summed E-state index contributed by atoms with van der Waals surface area (Å²) < 4.78 is 38.6. The van der Waals surface area contributed by atoms with E-state index in [1.165, 1.54) is 31.2 Å². The standard InChI is InChI=1S/C15H10Cl2F3NO/c1-8-5-6-9(7-10(8)15(18,19)20)21-14(22)13-11(16)3-2-4-12(13)17/h2-7H,1H3,(H,21,22). The van der Waals surface area contributed by atoms with Crippen molar-refractivity contribution in [2.24, 2.45) is 0 Å². The molecule has 7 heteroatoms. The van der Waals surface area contributed by atoms with Crippen LogP contribution < -0.4 is 5.32 Å². The van der Waals surface area contributed by atoms with Gasteiger partial charge in [0.1, 0.15) is 0 Å². The van der Waals surface area contributed by atoms with E-state index in [1.54, 1.807) is 6.07 Å². The number of hydrogen-bond acceptors (Lipinski definition) is 1. The molecule has 0 unspecified atom stereocenters. The first-order chi connectivity index (χ1) is 10.2. The molecule has 2 aromatic carbocycles. The molecule has 2 aromatic rings. The van der Waals surface area contributed by atoms with Crippen LogP contribution in [-0.4, -0.2) is 5.91 Å². The molecular weight excluding hydrogens is 338 g/mol. The fourth-order valence-electron chi connectivity index (χ4n) is 1.91. The fraction of sp³-hybridized carbons (Fsp3) is 0.133. The van der Waals surface area contributed by atoms with Crippen molar-refractivity contribution in [3.8, 4) is 0 Å². The Bertz CT molecular complexity index is 709. The van der Waals surface area contributed by atoms with Crippen LogP contribution in [-0.2, 0) is 6.18 Å². The average molecular weight is 348 g/mol. The van der Waals surface area contributed by atoms with Crippen molar-refractivity contribution in [3.05, 3.63) is 63.1 Å². The van der Waals surface area contributed by atoms with E-state index in [4.69, 9.17) is 23.2 Å². The van der Waals surface area contributed by atoms with E-state index in [-0.39, 0.29) is 26.9 Å². The number of benzene rings is 2. The minimum Gasteiger partial charge on any atom is -0.322 e. The number of hydrogen-bond donors (Lipinski definition) is 1. The van der Waals surface area contributed by atoms with E-state index in [1.807, 2.05) is 0 Å². The molecule has 0 saturated heterocycles. The Morgan fingerprint density at radius 1 is 1.09 bits per heavy atom. The number of alkyl halides is 3. The van der Waals surface area contributed by atoms with E-state index in [2.05, 4.69) is 5.32 Å². The molecule has 0 saturated carbocycles. The summed E-state index contributed by atoms with van der Waals surface area (Å²) in [6.45, 7) is 1.35. The molecule has 116 valence electrons. The Morgan fingerprint density at radius 3 is 2.23 bits per heavy atom. The predicted octanol–water partition coefficient (Wildman–Crippen LogP) is 5.57. The molecule has 0 aliphatic carbocycles. The van der Waals surface area contributed by atoms with Crippen molar-refractivity contribution in [1.82, 2.24) is 0 Å². The summed E-state index contributed by atoms with van der Waals surface area (Å²) in [5.74, 6) is -0.674. The summed E-state index contributed by atoms with van der Waals surface area (Å²) in [7, 11) is 0. The Balaban J connectivity index is 2.34. The predicted molar refractivity (Wildman–Crippen MR) is 80.6 cm³/mol. The highest BCUT2D eigenvalue weighted by Crippen LogP contribution is 2.34. The van der Waals surface area contributed by atoms with Crippen LogP contribution in [0.1, 0.15) is 21.5 Å². The highest BCUT2D eigenvalue weighted by molar-refractivity contribution is 6.40. The molecule has 0 spiro atoms. The molecule has 0 aromatic heterocycles. The lowest BCUT2D eigenvalue weighted by molar-refractivity contribution is -0.138. The van der Waals surface area contributed by atoms with E-state index in [0.29, 0.717) is 0 Å². The van der Waals surface area contributed by atoms with Crippen LogP contribution >= 0.6 is 23.2 Å². The molecule has 0 bridgehead atoms. The highest BCUT2D eigenvalue weighted by Gasteiger charge is 2.32. The summed E-state index contributed by atoms with van der Waals surface area (Å²) in [6, 6.07) is 8.05. The zero-order chi connectivity index (χ0) is 16.5. The monoisotopic (exact) mass is 347 g/mol. The van der Waals surface area contributed by atoms with Crippen molar-refractivity contribution >= 4 is 34.8 Å². The van der Waals surface area contributed by atoms with Crippen molar-refractivity contribution in [2.45, 2.75) is 13.1 Å². The lowest BCUT2D eigenvalue weighted by Gasteiger charge is -2.13. The molecule has 1 N–H and O–H groups in total. The topological polar surface area (TPSA) is 29.1 Å². The van der Waals surface area contributed by atoms with Gasteiger partial charge in [-0.1, -0.05) is 35.3 Å². The summed E-state index contributed by atoms with van der Waals surface area (Å²) in [6.07, 6.45) is -4.49. The van der Waals surface area contributed by atoms with E-state index in [9.17, 15) is 18.0 Å². The summed E-state index contributed by atoms with van der Waals surface area (Å²) in [4.78, 5) is 12.1. The third-order valence-electron chi connectivity index (χ3n) is 2.99. The lowest BCUT2D eigenvalue weighted by atomic mass is 10.1. The van der Waals surface area contributed by atoms with Gasteiger partial charge in [0.25, 0.3) is 5.91 Å². The van der Waals surface area contributed by atoms with E-state index < -0.39 is 17.6 Å². The van der Waals surface area contributed by atoms with Crippen LogP contribution in [0.25, 0.3) is 0 Å². The maximum atomic E-state index is 12.9. The molecule has 22 heavy (non-hydrogen) atoms. The van der Waals surface area contributed by atoms with Crippen LogP contribution in [0.2, 0.25) is 10.0 Å². The van der Waals surface area contributed by atoms with E-state index in [0.717, 1.165) is 6.07 Å². The van der Waals surface area contributed by atoms with Crippen LogP contribution in [0.5, 0.6) is 0 Å². The number of amides is 1. The second kappa shape index (κ2) is 6.18. The molecule has 0 fully saturated rings. The maximum absolute atomic E-state index is 12.9. The van der Waals surface area contributed by atoms with Gasteiger partial charge in [-0.3, -0.25) is 4.79 Å². The quantitative estimate of drug-likeness (QED) is 0.755. The number of aryl methyl sites for hydroxylation is 1. The number of carbonyl (C=O) groups excluding carboxylic acids is 1. The van der Waals surface area contributed by atoms with Crippen LogP contribution in [0, 0.1) is 6.92 Å². The number of nitrogens with one attached hydrogen (secondary N) is 1. The van der Waals surface area contributed by atoms with Crippen LogP contribution in [0.4, 0.5) is 18.9 Å². The number of halogens is 5. The first-order valence-electron chi connectivity index (χ1n) is 6.13. The van der Waals surface area contributed by atoms with Crippen molar-refractivity contribution < 1.29 is 18.0 Å². The normalized spacial score (nSPS) is 11.4. The second-order valence-corrected chi connectivity index (χ2v) is 5.39. The van der Waals surface area contributed by atoms with Gasteiger partial charge in [-0.25, -0.2) is 0 Å². The Kier molecular flexibility index (Phi) is 4.68. The number of anilines is 1. The minimum absolute atomic E-state index is 0.0129. The average Bonchev–Trinajstić information content (AvgIpc) is 2.39. The van der Waals surface area contributed by atoms with Gasteiger partial charge >= 0.3 is 6.18 Å². The summed E-state index contributed by atoms with van der Waals surface area (Å²) >= 11 is 11.8. The first-order valence-corrected chi connectivity index (χ1v) is 6.89. The van der Waals surface area contributed by atoms with Crippen molar-refractivity contribution in [3.63, 3.8) is 0 Å². The van der Waals surface area contributed by atoms with Crippen molar-refractivity contribution in [2.75, 3.05) is 5.32 Å². The fourth-order valence-corrected chi connectivity index (χ4v) is 2.48. The zero-order valence-corrected chi connectivity index (χ0v) is 12.8. The molecule has 2 nitrogen and oxygen atoms in total. The van der Waals surface area contributed by atoms with E-state index >= 15 is 0 Å². The van der Waals surface area contributed by atoms with Crippen LogP contribution in [0.3, 0.4) is 0 Å². The van der Waals surface area contributed by atoms with Gasteiger partial charge < -0.3 is 5.32 Å². The summed E-state index contributed by atoms with van der Waals surface area (Å²) in [5.41, 5.74) is -0.712. The first kappa shape index (κ1) is 16.6. The minimum atomic E-state index is -4.49. The third-order valence-corrected chi connectivity index (χ3v) is 3.62. The Hall–Kier alpha value is -1.72. The number of carbonyl (C=O) groups is 1. The Labute approximate surface area is 134 Å². The molecule has 1 amide bonds. The lowest BCUT2D eigenvalue weighted by Crippen LogP contribution is -2.15. The third kappa shape index (κ3) is 3.54. The Morgan fingerprint density at radius 2 is 1.68 bits per heavy atom. The SMILES string of the molecule is Cc1ccc(NC(=O)c2c(Cl)cccc2Cl)cc1C(F)(F)F. The van der Waals surface area contributed by atoms with Gasteiger partial charge in [-0.2, -0.15) is 13.2 Å². The van der Waals surface area contributed by atoms with Gasteiger partial charge in [-0.05, 0) is 36.8 Å². The molecule has 0 aliphatic rings. The number of rotatable bonds is 2. The van der Waals surface area contributed by atoms with Gasteiger partial charge in [0.05, 0.1) is 21.2 Å². The molecule has 0 radical (unpaired) electrons. The smallest absolute Gasteiger partial charge is 0.322 e. The maximum Gasteiger partial charge on any atom is 0.416 e. The van der Waals surface area contributed by atoms with Crippen LogP contribution in [0.15, 0.2) is 36.4 Å². The molecule has 0 atom stereocenters. The molecular formula is C15H10Cl2F3NO.